The molecule has 2 heterocycles. The van der Waals surface area contributed by atoms with Crippen molar-refractivity contribution in [3.63, 3.8) is 0 Å². The number of hydrogen-bond acceptors (Lipinski definition) is 3. The van der Waals surface area contributed by atoms with Gasteiger partial charge in [0.15, 0.2) is 0 Å². The van der Waals surface area contributed by atoms with Crippen molar-refractivity contribution >= 4 is 28.7 Å². The maximum absolute atomic E-state index is 12.3. The van der Waals surface area contributed by atoms with Crippen LogP contribution >= 0.6 is 0 Å². The van der Waals surface area contributed by atoms with Gasteiger partial charge in [0.05, 0.1) is 17.0 Å². The monoisotopic (exact) mass is 370 g/mol. The third-order valence-electron chi connectivity index (χ3n) is 5.78. The SMILES string of the molecule is O=C(Nc1ccc2c(c1)nc1n2CCCCC1)NC1CCC(C(=O)O)CC1. The fourth-order valence-electron chi connectivity index (χ4n) is 4.26. The van der Waals surface area contributed by atoms with Crippen molar-refractivity contribution in [3.8, 4) is 0 Å². The van der Waals surface area contributed by atoms with Crippen LogP contribution in [0.25, 0.3) is 11.0 Å². The Morgan fingerprint density at radius 3 is 2.70 bits per heavy atom. The molecule has 1 saturated carbocycles. The predicted octanol–water partition coefficient (Wildman–Crippen LogP) is 3.53. The van der Waals surface area contributed by atoms with E-state index < -0.39 is 5.97 Å². The zero-order valence-electron chi connectivity index (χ0n) is 15.4. The number of benzene rings is 1. The minimum atomic E-state index is -0.732. The lowest BCUT2D eigenvalue weighted by Crippen LogP contribution is -2.40. The number of fused-ring (bicyclic) bond motifs is 3. The summed E-state index contributed by atoms with van der Waals surface area (Å²) >= 11 is 0. The molecular weight excluding hydrogens is 344 g/mol. The van der Waals surface area contributed by atoms with Crippen LogP contribution in [0.2, 0.25) is 0 Å². The number of rotatable bonds is 3. The highest BCUT2D eigenvalue weighted by Gasteiger charge is 2.26. The van der Waals surface area contributed by atoms with E-state index in [0.29, 0.717) is 25.7 Å². The molecule has 2 aliphatic rings. The summed E-state index contributed by atoms with van der Waals surface area (Å²) < 4.78 is 2.30. The van der Waals surface area contributed by atoms with Crippen LogP contribution in [0.4, 0.5) is 10.5 Å². The molecule has 0 spiro atoms. The summed E-state index contributed by atoms with van der Waals surface area (Å²) in [6, 6.07) is 5.67. The van der Waals surface area contributed by atoms with Crippen molar-refractivity contribution in [2.24, 2.45) is 5.92 Å². The molecule has 0 radical (unpaired) electrons. The van der Waals surface area contributed by atoms with Crippen LogP contribution in [-0.2, 0) is 17.8 Å². The Morgan fingerprint density at radius 2 is 1.93 bits per heavy atom. The summed E-state index contributed by atoms with van der Waals surface area (Å²) in [5.74, 6) is 0.133. The summed E-state index contributed by atoms with van der Waals surface area (Å²) in [4.78, 5) is 28.1. The second-order valence-corrected chi connectivity index (χ2v) is 7.68. The van der Waals surface area contributed by atoms with Crippen molar-refractivity contribution in [1.29, 1.82) is 0 Å². The number of nitrogens with zero attached hydrogens (tertiary/aromatic N) is 2. The van der Waals surface area contributed by atoms with E-state index in [9.17, 15) is 9.59 Å². The van der Waals surface area contributed by atoms with E-state index in [2.05, 4.69) is 15.2 Å². The van der Waals surface area contributed by atoms with Gasteiger partial charge in [0.25, 0.3) is 0 Å². The highest BCUT2D eigenvalue weighted by atomic mass is 16.4. The minimum absolute atomic E-state index is 0.0352. The topological polar surface area (TPSA) is 96.3 Å². The first-order chi connectivity index (χ1) is 13.1. The molecule has 0 bridgehead atoms. The van der Waals surface area contributed by atoms with Gasteiger partial charge >= 0.3 is 12.0 Å². The molecule has 7 nitrogen and oxygen atoms in total. The van der Waals surface area contributed by atoms with Gasteiger partial charge in [-0.25, -0.2) is 9.78 Å². The Morgan fingerprint density at radius 1 is 1.11 bits per heavy atom. The normalized spacial score (nSPS) is 22.7. The number of amides is 2. The number of hydrogen-bond donors (Lipinski definition) is 3. The molecule has 4 rings (SSSR count). The molecule has 3 N–H and O–H groups in total. The quantitative estimate of drug-likeness (QED) is 0.770. The molecule has 2 aromatic rings. The predicted molar refractivity (Wildman–Crippen MR) is 103 cm³/mol. The van der Waals surface area contributed by atoms with E-state index in [1.54, 1.807) is 0 Å². The number of carboxylic acid groups (broad SMARTS) is 1. The largest absolute Gasteiger partial charge is 0.481 e. The number of carbonyl (C=O) groups is 2. The number of urea groups is 1. The van der Waals surface area contributed by atoms with Crippen molar-refractivity contribution < 1.29 is 14.7 Å². The number of carboxylic acids is 1. The average Bonchev–Trinajstić information content (AvgIpc) is 2.82. The van der Waals surface area contributed by atoms with E-state index in [0.717, 1.165) is 35.5 Å². The van der Waals surface area contributed by atoms with Crippen LogP contribution in [-0.4, -0.2) is 32.7 Å². The van der Waals surface area contributed by atoms with Crippen molar-refractivity contribution in [2.75, 3.05) is 5.32 Å². The molecular formula is C20H26N4O3. The lowest BCUT2D eigenvalue weighted by Gasteiger charge is -2.26. The van der Waals surface area contributed by atoms with Gasteiger partial charge in [-0.2, -0.15) is 0 Å². The van der Waals surface area contributed by atoms with Crippen LogP contribution in [0.5, 0.6) is 0 Å². The van der Waals surface area contributed by atoms with Crippen molar-refractivity contribution in [2.45, 2.75) is 64.0 Å². The molecule has 2 amide bonds. The van der Waals surface area contributed by atoms with E-state index in [-0.39, 0.29) is 18.0 Å². The summed E-state index contributed by atoms with van der Waals surface area (Å²) in [6.45, 7) is 1.01. The maximum Gasteiger partial charge on any atom is 0.319 e. The fraction of sp³-hybridized carbons (Fsp3) is 0.550. The first kappa shape index (κ1) is 17.8. The molecule has 0 saturated heterocycles. The third-order valence-corrected chi connectivity index (χ3v) is 5.78. The van der Waals surface area contributed by atoms with Gasteiger partial charge in [-0.15, -0.1) is 0 Å². The first-order valence-corrected chi connectivity index (χ1v) is 9.89. The number of aliphatic carboxylic acids is 1. The van der Waals surface area contributed by atoms with Gasteiger partial charge in [-0.05, 0) is 56.7 Å². The Hall–Kier alpha value is -2.57. The van der Waals surface area contributed by atoms with Gasteiger partial charge in [0.2, 0.25) is 0 Å². The zero-order valence-corrected chi connectivity index (χ0v) is 15.4. The summed E-state index contributed by atoms with van der Waals surface area (Å²) in [5.41, 5.74) is 2.78. The van der Waals surface area contributed by atoms with Crippen LogP contribution in [0.3, 0.4) is 0 Å². The highest BCUT2D eigenvalue weighted by Crippen LogP contribution is 2.26. The first-order valence-electron chi connectivity index (χ1n) is 9.89. The number of aromatic nitrogens is 2. The van der Waals surface area contributed by atoms with Gasteiger partial charge in [0, 0.05) is 24.7 Å². The number of imidazole rings is 1. The molecule has 1 fully saturated rings. The van der Waals surface area contributed by atoms with E-state index in [1.165, 1.54) is 19.3 Å². The molecule has 0 atom stereocenters. The lowest BCUT2D eigenvalue weighted by atomic mass is 9.86. The number of anilines is 1. The zero-order chi connectivity index (χ0) is 18.8. The molecule has 1 aromatic heterocycles. The third kappa shape index (κ3) is 3.91. The fourth-order valence-corrected chi connectivity index (χ4v) is 4.26. The van der Waals surface area contributed by atoms with Crippen molar-refractivity contribution in [1.82, 2.24) is 14.9 Å². The standard InChI is InChI=1S/C20H26N4O3/c25-19(26)13-5-7-14(8-6-13)21-20(27)22-15-9-10-17-16(12-15)23-18-4-2-1-3-11-24(17)18/h9-10,12-14H,1-8,11H2,(H,25,26)(H2,21,22,27). The molecule has 1 aliphatic heterocycles. The smallest absolute Gasteiger partial charge is 0.319 e. The molecule has 144 valence electrons. The summed E-state index contributed by atoms with van der Waals surface area (Å²) in [7, 11) is 0. The second-order valence-electron chi connectivity index (χ2n) is 7.68. The molecule has 7 heteroatoms. The van der Waals surface area contributed by atoms with Crippen LogP contribution in [0.15, 0.2) is 18.2 Å². The Kier molecular flexibility index (Phi) is 5.01. The molecule has 0 unspecified atom stereocenters. The van der Waals surface area contributed by atoms with Crippen LogP contribution in [0, 0.1) is 5.92 Å². The van der Waals surface area contributed by atoms with Crippen molar-refractivity contribution in [3.05, 3.63) is 24.0 Å². The summed E-state index contributed by atoms with van der Waals surface area (Å²) in [6.07, 6.45) is 7.27. The van der Waals surface area contributed by atoms with E-state index >= 15 is 0 Å². The Bertz CT molecular complexity index is 852. The Labute approximate surface area is 158 Å². The number of carbonyl (C=O) groups excluding carboxylic acids is 1. The molecule has 1 aliphatic carbocycles. The van der Waals surface area contributed by atoms with Gasteiger partial charge in [0.1, 0.15) is 5.82 Å². The highest BCUT2D eigenvalue weighted by molar-refractivity contribution is 5.92. The lowest BCUT2D eigenvalue weighted by molar-refractivity contribution is -0.142. The molecule has 1 aromatic carbocycles. The van der Waals surface area contributed by atoms with Gasteiger partial charge < -0.3 is 20.3 Å². The summed E-state index contributed by atoms with van der Waals surface area (Å²) in [5, 5.41) is 14.9. The van der Waals surface area contributed by atoms with E-state index in [1.807, 2.05) is 18.2 Å². The maximum atomic E-state index is 12.3. The van der Waals surface area contributed by atoms with Gasteiger partial charge in [-0.1, -0.05) is 6.42 Å². The average molecular weight is 370 g/mol. The van der Waals surface area contributed by atoms with Crippen LogP contribution < -0.4 is 10.6 Å². The second kappa shape index (κ2) is 7.58. The van der Waals surface area contributed by atoms with E-state index in [4.69, 9.17) is 10.1 Å². The molecule has 27 heavy (non-hydrogen) atoms. The van der Waals surface area contributed by atoms with Gasteiger partial charge in [-0.3, -0.25) is 4.79 Å². The number of nitrogens with one attached hydrogen (secondary N) is 2. The number of aryl methyl sites for hydroxylation is 2. The van der Waals surface area contributed by atoms with Crippen LogP contribution in [0.1, 0.15) is 50.8 Å². The minimum Gasteiger partial charge on any atom is -0.481 e. The Balaban J connectivity index is 1.38.